The van der Waals surface area contributed by atoms with Crippen LogP contribution in [0.1, 0.15) is 47.8 Å². The normalized spacial score (nSPS) is 18.0. The van der Waals surface area contributed by atoms with Gasteiger partial charge in [-0.3, -0.25) is 4.79 Å². The van der Waals surface area contributed by atoms with Gasteiger partial charge in [-0.1, -0.05) is 17.3 Å². The van der Waals surface area contributed by atoms with Crippen molar-refractivity contribution < 1.29 is 9.18 Å². The van der Waals surface area contributed by atoms with Gasteiger partial charge in [-0.25, -0.2) is 9.07 Å². The molecule has 1 saturated carbocycles. The summed E-state index contributed by atoms with van der Waals surface area (Å²) >= 11 is 0. The Balaban J connectivity index is 1.48. The molecule has 26 heavy (non-hydrogen) atoms. The molecule has 4 rings (SSSR count). The Bertz CT molecular complexity index is 750. The Labute approximate surface area is 152 Å². The summed E-state index contributed by atoms with van der Waals surface area (Å²) in [5.41, 5.74) is 1.32. The predicted molar refractivity (Wildman–Crippen MR) is 95.0 cm³/mol. The highest BCUT2D eigenvalue weighted by Gasteiger charge is 2.29. The monoisotopic (exact) mass is 357 g/mol. The highest BCUT2D eigenvalue weighted by atomic mass is 19.1. The van der Waals surface area contributed by atoms with Crippen LogP contribution in [0.4, 0.5) is 4.39 Å². The molecule has 1 saturated heterocycles. The van der Waals surface area contributed by atoms with E-state index in [9.17, 15) is 9.18 Å². The second-order valence-corrected chi connectivity index (χ2v) is 7.32. The van der Waals surface area contributed by atoms with E-state index in [0.717, 1.165) is 50.9 Å². The number of nitrogens with zero attached hydrogens (tertiary/aromatic N) is 4. The lowest BCUT2D eigenvalue weighted by Gasteiger charge is -2.22. The van der Waals surface area contributed by atoms with Crippen LogP contribution in [0, 0.1) is 11.7 Å². The van der Waals surface area contributed by atoms with Gasteiger partial charge in [0.25, 0.3) is 5.91 Å². The minimum absolute atomic E-state index is 0.0959. The van der Waals surface area contributed by atoms with Gasteiger partial charge in [-0.05, 0) is 62.4 Å². The van der Waals surface area contributed by atoms with Crippen molar-refractivity contribution >= 4 is 5.91 Å². The number of hydrogen-bond acceptors (Lipinski definition) is 4. The number of halogens is 1. The van der Waals surface area contributed by atoms with Crippen molar-refractivity contribution in [1.29, 1.82) is 0 Å². The van der Waals surface area contributed by atoms with Crippen molar-refractivity contribution in [1.82, 2.24) is 25.2 Å². The maximum atomic E-state index is 13.1. The largest absolute Gasteiger partial charge is 0.333 e. The zero-order valence-electron chi connectivity index (χ0n) is 14.8. The molecule has 6 nitrogen and oxygen atoms in total. The van der Waals surface area contributed by atoms with E-state index in [1.54, 1.807) is 18.3 Å². The maximum Gasteiger partial charge on any atom is 0.276 e. The minimum Gasteiger partial charge on any atom is -0.333 e. The van der Waals surface area contributed by atoms with Crippen LogP contribution < -0.4 is 5.32 Å². The summed E-state index contributed by atoms with van der Waals surface area (Å²) < 4.78 is 15.0. The average Bonchev–Trinajstić information content (AvgIpc) is 3.35. The van der Waals surface area contributed by atoms with E-state index in [-0.39, 0.29) is 11.7 Å². The molecular formula is C19H24FN5O. The smallest absolute Gasteiger partial charge is 0.276 e. The number of amides is 1. The van der Waals surface area contributed by atoms with E-state index >= 15 is 0 Å². The SMILES string of the molecule is O=C(c1cn(C2CCNCC2)nn1)N(Cc1ccc(F)cc1)CC1CC1. The Morgan fingerprint density at radius 3 is 2.62 bits per heavy atom. The van der Waals surface area contributed by atoms with E-state index in [1.807, 2.05) is 9.58 Å². The number of carbonyl (C=O) groups excluding carboxylic acids is 1. The number of benzene rings is 1. The maximum absolute atomic E-state index is 13.1. The molecule has 0 radical (unpaired) electrons. The number of piperidine rings is 1. The summed E-state index contributed by atoms with van der Waals surface area (Å²) in [5.74, 6) is 0.207. The van der Waals surface area contributed by atoms with E-state index < -0.39 is 0 Å². The lowest BCUT2D eigenvalue weighted by molar-refractivity contribution is 0.0728. The third-order valence-electron chi connectivity index (χ3n) is 5.16. The average molecular weight is 357 g/mol. The van der Waals surface area contributed by atoms with Gasteiger partial charge in [0, 0.05) is 13.1 Å². The van der Waals surface area contributed by atoms with Gasteiger partial charge < -0.3 is 10.2 Å². The van der Waals surface area contributed by atoms with Crippen molar-refractivity contribution in [3.05, 3.63) is 47.5 Å². The molecule has 2 heterocycles. The molecule has 2 fully saturated rings. The summed E-state index contributed by atoms with van der Waals surface area (Å²) in [6, 6.07) is 6.63. The fourth-order valence-corrected chi connectivity index (χ4v) is 3.43. The molecule has 0 bridgehead atoms. The van der Waals surface area contributed by atoms with Crippen LogP contribution >= 0.6 is 0 Å². The van der Waals surface area contributed by atoms with Crippen molar-refractivity contribution in [2.24, 2.45) is 5.92 Å². The number of carbonyl (C=O) groups is 1. The zero-order valence-corrected chi connectivity index (χ0v) is 14.8. The second-order valence-electron chi connectivity index (χ2n) is 7.32. The van der Waals surface area contributed by atoms with Crippen LogP contribution in [-0.2, 0) is 6.54 Å². The number of aromatic nitrogens is 3. The summed E-state index contributed by atoms with van der Waals surface area (Å²) in [6.45, 7) is 3.12. The second kappa shape index (κ2) is 7.53. The van der Waals surface area contributed by atoms with Crippen LogP contribution in [0.25, 0.3) is 0 Å². The molecule has 1 aliphatic carbocycles. The Hall–Kier alpha value is -2.28. The van der Waals surface area contributed by atoms with Crippen LogP contribution in [-0.4, -0.2) is 45.4 Å². The third-order valence-corrected chi connectivity index (χ3v) is 5.16. The first-order valence-electron chi connectivity index (χ1n) is 9.35. The predicted octanol–water partition coefficient (Wildman–Crippen LogP) is 2.39. The van der Waals surface area contributed by atoms with Gasteiger partial charge in [0.1, 0.15) is 5.82 Å². The van der Waals surface area contributed by atoms with Crippen LogP contribution in [0.2, 0.25) is 0 Å². The molecule has 0 unspecified atom stereocenters. The lowest BCUT2D eigenvalue weighted by atomic mass is 10.1. The van der Waals surface area contributed by atoms with Gasteiger partial charge in [0.15, 0.2) is 5.69 Å². The topological polar surface area (TPSA) is 63.1 Å². The highest BCUT2D eigenvalue weighted by Crippen LogP contribution is 2.30. The van der Waals surface area contributed by atoms with Crippen molar-refractivity contribution in [2.45, 2.75) is 38.3 Å². The molecule has 0 spiro atoms. The highest BCUT2D eigenvalue weighted by molar-refractivity contribution is 5.91. The van der Waals surface area contributed by atoms with Crippen molar-refractivity contribution in [2.75, 3.05) is 19.6 Å². The fraction of sp³-hybridized carbons (Fsp3) is 0.526. The molecule has 1 aromatic heterocycles. The molecule has 2 aliphatic rings. The first kappa shape index (κ1) is 17.1. The molecule has 0 atom stereocenters. The number of hydrogen-bond donors (Lipinski definition) is 1. The first-order valence-corrected chi connectivity index (χ1v) is 9.35. The van der Waals surface area contributed by atoms with Crippen molar-refractivity contribution in [3.63, 3.8) is 0 Å². The fourth-order valence-electron chi connectivity index (χ4n) is 3.43. The lowest BCUT2D eigenvalue weighted by Crippen LogP contribution is -2.33. The van der Waals surface area contributed by atoms with Crippen molar-refractivity contribution in [3.8, 4) is 0 Å². The number of rotatable bonds is 6. The van der Waals surface area contributed by atoms with Gasteiger partial charge in [0.2, 0.25) is 0 Å². The molecule has 1 N–H and O–H groups in total. The van der Waals surface area contributed by atoms with E-state index in [2.05, 4.69) is 15.6 Å². The van der Waals surface area contributed by atoms with E-state index in [0.29, 0.717) is 24.2 Å². The summed E-state index contributed by atoms with van der Waals surface area (Å²) in [7, 11) is 0. The summed E-state index contributed by atoms with van der Waals surface area (Å²) in [5, 5.41) is 11.7. The van der Waals surface area contributed by atoms with Gasteiger partial charge in [-0.2, -0.15) is 0 Å². The molecule has 1 aliphatic heterocycles. The number of nitrogens with one attached hydrogen (secondary N) is 1. The third kappa shape index (κ3) is 4.09. The Morgan fingerprint density at radius 1 is 1.19 bits per heavy atom. The Morgan fingerprint density at radius 2 is 1.92 bits per heavy atom. The zero-order chi connectivity index (χ0) is 17.9. The quantitative estimate of drug-likeness (QED) is 0.862. The first-order chi connectivity index (χ1) is 12.7. The summed E-state index contributed by atoms with van der Waals surface area (Å²) in [4.78, 5) is 14.8. The minimum atomic E-state index is -0.265. The van der Waals surface area contributed by atoms with Crippen LogP contribution in [0.3, 0.4) is 0 Å². The standard InChI is InChI=1S/C19H24FN5O/c20-16-5-3-15(4-6-16)12-24(11-14-1-2-14)19(26)18-13-25(23-22-18)17-7-9-21-10-8-17/h3-6,13-14,17,21H,1-2,7-12H2. The molecule has 1 aromatic carbocycles. The van der Waals surface area contributed by atoms with Gasteiger partial charge in [0.05, 0.1) is 12.2 Å². The molecule has 138 valence electrons. The van der Waals surface area contributed by atoms with Gasteiger partial charge in [-0.15, -0.1) is 5.10 Å². The van der Waals surface area contributed by atoms with Gasteiger partial charge >= 0.3 is 0 Å². The van der Waals surface area contributed by atoms with Crippen LogP contribution in [0.15, 0.2) is 30.5 Å². The Kier molecular flexibility index (Phi) is 4.97. The van der Waals surface area contributed by atoms with Crippen LogP contribution in [0.5, 0.6) is 0 Å². The van der Waals surface area contributed by atoms with E-state index in [1.165, 1.54) is 12.1 Å². The van der Waals surface area contributed by atoms with E-state index in [4.69, 9.17) is 0 Å². The molecule has 2 aromatic rings. The summed E-state index contributed by atoms with van der Waals surface area (Å²) in [6.07, 6.45) is 6.10. The molecule has 7 heteroatoms. The molecular weight excluding hydrogens is 333 g/mol. The molecule has 1 amide bonds.